The van der Waals surface area contributed by atoms with Crippen molar-refractivity contribution in [3.63, 3.8) is 0 Å². The summed E-state index contributed by atoms with van der Waals surface area (Å²) in [6, 6.07) is 12.9. The lowest BCUT2D eigenvalue weighted by molar-refractivity contribution is 0.0993. The molecule has 1 fully saturated rings. The molecule has 29 heavy (non-hydrogen) atoms. The number of alkyl halides is 1. The maximum atomic E-state index is 14.2. The van der Waals surface area contributed by atoms with Crippen molar-refractivity contribution in [3.05, 3.63) is 71.8 Å². The quantitative estimate of drug-likeness (QED) is 0.668. The molecule has 0 unspecified atom stereocenters. The summed E-state index contributed by atoms with van der Waals surface area (Å²) < 4.78 is 27.9. The molecule has 1 saturated carbocycles. The largest absolute Gasteiger partial charge is 0.368 e. The van der Waals surface area contributed by atoms with Crippen LogP contribution in [0, 0.1) is 5.82 Å². The van der Waals surface area contributed by atoms with Crippen molar-refractivity contribution in [2.24, 2.45) is 5.73 Å². The standard InChI is InChI=1S/C21H19F2N5O/c22-14-10-21(11-14,18-3-1-2-8-25-18)12-26-19-7-6-17(27-28-19)15-5-4-13(20(24)29)9-16(15)23/h1-9,14H,10-12H2,(H2,24,29)(H,26,28). The van der Waals surface area contributed by atoms with Gasteiger partial charge >= 0.3 is 0 Å². The van der Waals surface area contributed by atoms with E-state index in [1.54, 1.807) is 18.3 Å². The summed E-state index contributed by atoms with van der Waals surface area (Å²) in [5, 5.41) is 11.3. The number of nitrogens with zero attached hydrogens (tertiary/aromatic N) is 3. The van der Waals surface area contributed by atoms with E-state index < -0.39 is 17.9 Å². The van der Waals surface area contributed by atoms with E-state index in [0.29, 0.717) is 30.9 Å². The van der Waals surface area contributed by atoms with E-state index in [1.807, 2.05) is 18.2 Å². The second kappa shape index (κ2) is 7.54. The molecule has 1 aromatic carbocycles. The second-order valence-corrected chi connectivity index (χ2v) is 7.22. The predicted octanol–water partition coefficient (Wildman–Crippen LogP) is 3.26. The third-order valence-corrected chi connectivity index (χ3v) is 5.23. The van der Waals surface area contributed by atoms with Gasteiger partial charge in [0.1, 0.15) is 17.8 Å². The molecule has 0 bridgehead atoms. The molecule has 3 N–H and O–H groups in total. The molecule has 1 amide bonds. The Balaban J connectivity index is 1.48. The minimum absolute atomic E-state index is 0.0870. The van der Waals surface area contributed by atoms with Crippen LogP contribution < -0.4 is 11.1 Å². The monoisotopic (exact) mass is 395 g/mol. The Morgan fingerprint density at radius 1 is 1.17 bits per heavy atom. The van der Waals surface area contributed by atoms with Crippen molar-refractivity contribution in [2.75, 3.05) is 11.9 Å². The van der Waals surface area contributed by atoms with Crippen molar-refractivity contribution in [2.45, 2.75) is 24.4 Å². The van der Waals surface area contributed by atoms with Crippen LogP contribution in [-0.2, 0) is 5.41 Å². The highest BCUT2D eigenvalue weighted by molar-refractivity contribution is 5.93. The number of benzene rings is 1. The van der Waals surface area contributed by atoms with Crippen LogP contribution in [0.2, 0.25) is 0 Å². The highest BCUT2D eigenvalue weighted by atomic mass is 19.1. The number of amides is 1. The zero-order valence-electron chi connectivity index (χ0n) is 15.5. The fourth-order valence-electron chi connectivity index (χ4n) is 3.61. The van der Waals surface area contributed by atoms with E-state index in [2.05, 4.69) is 20.5 Å². The van der Waals surface area contributed by atoms with Crippen LogP contribution in [0.5, 0.6) is 0 Å². The van der Waals surface area contributed by atoms with Crippen LogP contribution in [-0.4, -0.2) is 33.8 Å². The van der Waals surface area contributed by atoms with Gasteiger partial charge in [-0.2, -0.15) is 0 Å². The number of nitrogens with two attached hydrogens (primary N) is 1. The Morgan fingerprint density at radius 3 is 2.59 bits per heavy atom. The molecule has 8 heteroatoms. The molecule has 0 saturated heterocycles. The van der Waals surface area contributed by atoms with Gasteiger partial charge in [-0.25, -0.2) is 8.78 Å². The number of hydrogen-bond acceptors (Lipinski definition) is 5. The maximum Gasteiger partial charge on any atom is 0.248 e. The van der Waals surface area contributed by atoms with Crippen LogP contribution in [0.1, 0.15) is 28.9 Å². The van der Waals surface area contributed by atoms with Gasteiger partial charge in [-0.1, -0.05) is 6.07 Å². The molecule has 2 aromatic heterocycles. The van der Waals surface area contributed by atoms with E-state index >= 15 is 0 Å². The minimum Gasteiger partial charge on any atom is -0.368 e. The fraction of sp³-hybridized carbons (Fsp3) is 0.238. The second-order valence-electron chi connectivity index (χ2n) is 7.22. The number of hydrogen-bond donors (Lipinski definition) is 2. The summed E-state index contributed by atoms with van der Waals surface area (Å²) in [6.45, 7) is 0.472. The number of primary amides is 1. The van der Waals surface area contributed by atoms with Gasteiger partial charge in [0.15, 0.2) is 0 Å². The molecule has 3 aromatic rings. The van der Waals surface area contributed by atoms with Gasteiger partial charge < -0.3 is 11.1 Å². The number of carbonyl (C=O) groups excluding carboxylic acids is 1. The number of carbonyl (C=O) groups is 1. The van der Waals surface area contributed by atoms with Gasteiger partial charge in [-0.15, -0.1) is 10.2 Å². The molecule has 0 radical (unpaired) electrons. The first-order chi connectivity index (χ1) is 14.0. The Kier molecular flexibility index (Phi) is 4.92. The first-order valence-corrected chi connectivity index (χ1v) is 9.20. The summed E-state index contributed by atoms with van der Waals surface area (Å²) in [6.07, 6.45) is 1.67. The normalized spacial score (nSPS) is 20.7. The molecular formula is C21H19F2N5O. The maximum absolute atomic E-state index is 14.2. The van der Waals surface area contributed by atoms with Gasteiger partial charge in [0.2, 0.25) is 5.91 Å². The van der Waals surface area contributed by atoms with Crippen LogP contribution in [0.15, 0.2) is 54.7 Å². The van der Waals surface area contributed by atoms with E-state index in [4.69, 9.17) is 5.73 Å². The van der Waals surface area contributed by atoms with Gasteiger partial charge in [0.05, 0.1) is 5.69 Å². The molecular weight excluding hydrogens is 376 g/mol. The van der Waals surface area contributed by atoms with E-state index in [-0.39, 0.29) is 16.5 Å². The van der Waals surface area contributed by atoms with Crippen molar-refractivity contribution < 1.29 is 13.6 Å². The molecule has 4 rings (SSSR count). The SMILES string of the molecule is NC(=O)c1ccc(-c2ccc(NCC3(c4ccccn4)CC(F)C3)nn2)c(F)c1. The first kappa shape index (κ1) is 18.9. The van der Waals surface area contributed by atoms with Crippen LogP contribution >= 0.6 is 0 Å². The van der Waals surface area contributed by atoms with E-state index in [0.717, 1.165) is 11.8 Å². The zero-order valence-corrected chi connectivity index (χ0v) is 15.5. The van der Waals surface area contributed by atoms with Gasteiger partial charge in [0.25, 0.3) is 0 Å². The average molecular weight is 395 g/mol. The Labute approximate surface area is 166 Å². The van der Waals surface area contributed by atoms with Crippen molar-refractivity contribution in [1.82, 2.24) is 15.2 Å². The van der Waals surface area contributed by atoms with Crippen molar-refractivity contribution in [3.8, 4) is 11.3 Å². The Bertz CT molecular complexity index is 1020. The number of nitrogens with one attached hydrogen (secondary N) is 1. The van der Waals surface area contributed by atoms with Crippen LogP contribution in [0.4, 0.5) is 14.6 Å². The number of anilines is 1. The average Bonchev–Trinajstić information content (AvgIpc) is 2.71. The van der Waals surface area contributed by atoms with Crippen molar-refractivity contribution >= 4 is 11.7 Å². The summed E-state index contributed by atoms with van der Waals surface area (Å²) >= 11 is 0. The lowest BCUT2D eigenvalue weighted by Crippen LogP contribution is -2.48. The fourth-order valence-corrected chi connectivity index (χ4v) is 3.61. The Morgan fingerprint density at radius 2 is 2.00 bits per heavy atom. The third-order valence-electron chi connectivity index (χ3n) is 5.23. The molecule has 6 nitrogen and oxygen atoms in total. The molecule has 1 aliphatic carbocycles. The molecule has 0 atom stereocenters. The molecule has 0 spiro atoms. The summed E-state index contributed by atoms with van der Waals surface area (Å²) in [4.78, 5) is 15.5. The molecule has 2 heterocycles. The number of rotatable bonds is 6. The minimum atomic E-state index is -0.835. The summed E-state index contributed by atoms with van der Waals surface area (Å²) in [5.41, 5.74) is 6.27. The highest BCUT2D eigenvalue weighted by Gasteiger charge is 2.46. The lowest BCUT2D eigenvalue weighted by atomic mass is 9.65. The Hall–Kier alpha value is -3.42. The summed E-state index contributed by atoms with van der Waals surface area (Å²) in [7, 11) is 0. The van der Waals surface area contributed by atoms with E-state index in [9.17, 15) is 13.6 Å². The predicted molar refractivity (Wildman–Crippen MR) is 104 cm³/mol. The van der Waals surface area contributed by atoms with Gasteiger partial charge in [-0.05, 0) is 55.3 Å². The molecule has 0 aliphatic heterocycles. The van der Waals surface area contributed by atoms with Crippen LogP contribution in [0.3, 0.4) is 0 Å². The lowest BCUT2D eigenvalue weighted by Gasteiger charge is -2.43. The number of aromatic nitrogens is 3. The van der Waals surface area contributed by atoms with Gasteiger partial charge in [0, 0.05) is 35.0 Å². The number of halogens is 2. The zero-order chi connectivity index (χ0) is 20.4. The van der Waals surface area contributed by atoms with Crippen LogP contribution in [0.25, 0.3) is 11.3 Å². The van der Waals surface area contributed by atoms with Gasteiger partial charge in [-0.3, -0.25) is 9.78 Å². The third kappa shape index (κ3) is 3.78. The molecule has 1 aliphatic rings. The topological polar surface area (TPSA) is 93.8 Å². The smallest absolute Gasteiger partial charge is 0.248 e. The molecule has 148 valence electrons. The summed E-state index contributed by atoms with van der Waals surface area (Å²) in [5.74, 6) is -0.802. The highest BCUT2D eigenvalue weighted by Crippen LogP contribution is 2.44. The van der Waals surface area contributed by atoms with E-state index in [1.165, 1.54) is 12.1 Å². The number of pyridine rings is 1. The van der Waals surface area contributed by atoms with Crippen molar-refractivity contribution in [1.29, 1.82) is 0 Å². The first-order valence-electron chi connectivity index (χ1n) is 9.20.